The first kappa shape index (κ1) is 6.66. The minimum atomic E-state index is 1.36. The van der Waals surface area contributed by atoms with Crippen molar-refractivity contribution in [1.29, 1.82) is 0 Å². The van der Waals surface area contributed by atoms with Crippen LogP contribution in [-0.2, 0) is 0 Å². The quantitative estimate of drug-likeness (QED) is 0.523. The zero-order valence-electron chi connectivity index (χ0n) is 6.89. The van der Waals surface area contributed by atoms with Gasteiger partial charge in [0.2, 0.25) is 0 Å². The van der Waals surface area contributed by atoms with Crippen molar-refractivity contribution in [3.05, 3.63) is 47.4 Å². The lowest BCUT2D eigenvalue weighted by Gasteiger charge is -2.04. The van der Waals surface area contributed by atoms with Gasteiger partial charge in [0.15, 0.2) is 0 Å². The minimum absolute atomic E-state index is 1.36. The predicted octanol–water partition coefficient (Wildman–Crippen LogP) is 2.96. The highest BCUT2D eigenvalue weighted by molar-refractivity contribution is 5.77. The molecule has 0 bridgehead atoms. The van der Waals surface area contributed by atoms with Crippen molar-refractivity contribution in [3.8, 4) is 0 Å². The summed E-state index contributed by atoms with van der Waals surface area (Å²) >= 11 is 0. The standard InChI is InChI=1S/C11H11/c1-8-4-3-5-10-7-6-9(2)11(8)10/h3-7H,1-2H3. The molecule has 0 fully saturated rings. The van der Waals surface area contributed by atoms with E-state index in [0.717, 1.165) is 0 Å². The molecule has 0 heteroatoms. The number of hydrogen-bond donors (Lipinski definition) is 0. The molecule has 0 amide bonds. The molecule has 0 nitrogen and oxygen atoms in total. The Morgan fingerprint density at radius 2 is 1.91 bits per heavy atom. The van der Waals surface area contributed by atoms with Gasteiger partial charge in [-0.2, -0.15) is 0 Å². The third-order valence-corrected chi connectivity index (χ3v) is 2.21. The van der Waals surface area contributed by atoms with E-state index in [4.69, 9.17) is 0 Å². The van der Waals surface area contributed by atoms with Crippen molar-refractivity contribution < 1.29 is 0 Å². The van der Waals surface area contributed by atoms with Crippen LogP contribution in [0.3, 0.4) is 0 Å². The Labute approximate surface area is 67.6 Å². The number of fused-ring (bicyclic) bond motifs is 1. The van der Waals surface area contributed by atoms with Crippen molar-refractivity contribution in [2.45, 2.75) is 13.8 Å². The molecule has 0 spiro atoms. The fourth-order valence-corrected chi connectivity index (χ4v) is 1.67. The molecule has 0 N–H and O–H groups in total. The van der Waals surface area contributed by atoms with Crippen LogP contribution in [0.5, 0.6) is 0 Å². The third-order valence-electron chi connectivity index (χ3n) is 2.21. The summed E-state index contributed by atoms with van der Waals surface area (Å²) in [6.45, 7) is 4.32. The molecule has 0 heterocycles. The van der Waals surface area contributed by atoms with Crippen molar-refractivity contribution in [3.63, 3.8) is 0 Å². The zero-order valence-corrected chi connectivity index (χ0v) is 6.89. The highest BCUT2D eigenvalue weighted by atomic mass is 14.2. The van der Waals surface area contributed by atoms with Crippen LogP contribution in [0.2, 0.25) is 0 Å². The largest absolute Gasteiger partial charge is 0.0725 e. The molecule has 1 aromatic rings. The first-order chi connectivity index (χ1) is 5.29. The molecule has 55 valence electrons. The van der Waals surface area contributed by atoms with E-state index in [0.29, 0.717) is 0 Å². The zero-order chi connectivity index (χ0) is 7.84. The Bertz CT molecular complexity index is 319. The van der Waals surface area contributed by atoms with Gasteiger partial charge in [0.1, 0.15) is 0 Å². The maximum Gasteiger partial charge on any atom is 0.0134 e. The topological polar surface area (TPSA) is 0 Å². The van der Waals surface area contributed by atoms with Crippen molar-refractivity contribution >= 4 is 5.57 Å². The van der Waals surface area contributed by atoms with Crippen molar-refractivity contribution in [1.82, 2.24) is 0 Å². The van der Waals surface area contributed by atoms with Gasteiger partial charge in [0.25, 0.3) is 0 Å². The molecule has 1 aromatic carbocycles. The molecule has 1 radical (unpaired) electrons. The van der Waals surface area contributed by atoms with Gasteiger partial charge in [-0.05, 0) is 36.1 Å². The fraction of sp³-hybridized carbons (Fsp3) is 0.182. The summed E-state index contributed by atoms with van der Waals surface area (Å²) in [5, 5.41) is 0. The van der Waals surface area contributed by atoms with E-state index in [2.05, 4.69) is 44.5 Å². The third kappa shape index (κ3) is 0.900. The first-order valence-electron chi connectivity index (χ1n) is 3.90. The lowest BCUT2D eigenvalue weighted by molar-refractivity contribution is 1.39. The number of hydrogen-bond acceptors (Lipinski definition) is 0. The van der Waals surface area contributed by atoms with E-state index in [1.165, 1.54) is 22.3 Å². The summed E-state index contributed by atoms with van der Waals surface area (Å²) in [6.07, 6.45) is 4.36. The van der Waals surface area contributed by atoms with E-state index in [1.54, 1.807) is 0 Å². The van der Waals surface area contributed by atoms with Gasteiger partial charge < -0.3 is 0 Å². The fourth-order valence-electron chi connectivity index (χ4n) is 1.67. The van der Waals surface area contributed by atoms with Crippen LogP contribution >= 0.6 is 0 Å². The summed E-state index contributed by atoms with van der Waals surface area (Å²) in [5.41, 5.74) is 5.55. The maximum absolute atomic E-state index is 2.18. The second kappa shape index (κ2) is 2.23. The maximum atomic E-state index is 2.18. The monoisotopic (exact) mass is 143 g/mol. The van der Waals surface area contributed by atoms with Crippen LogP contribution in [0.15, 0.2) is 24.3 Å². The summed E-state index contributed by atoms with van der Waals surface area (Å²) in [5.74, 6) is 0. The van der Waals surface area contributed by atoms with E-state index in [-0.39, 0.29) is 0 Å². The molecule has 0 saturated carbocycles. The molecule has 0 unspecified atom stereocenters. The molecule has 0 atom stereocenters. The van der Waals surface area contributed by atoms with Crippen LogP contribution < -0.4 is 0 Å². The molecule has 1 aliphatic rings. The van der Waals surface area contributed by atoms with E-state index in [1.807, 2.05) is 0 Å². The van der Waals surface area contributed by atoms with E-state index in [9.17, 15) is 0 Å². The van der Waals surface area contributed by atoms with Gasteiger partial charge in [-0.3, -0.25) is 0 Å². The molecule has 2 rings (SSSR count). The Hall–Kier alpha value is -1.04. The van der Waals surface area contributed by atoms with Crippen molar-refractivity contribution in [2.24, 2.45) is 0 Å². The van der Waals surface area contributed by atoms with E-state index >= 15 is 0 Å². The predicted molar refractivity (Wildman–Crippen MR) is 48.2 cm³/mol. The molecule has 0 saturated heterocycles. The lowest BCUT2D eigenvalue weighted by atomic mass is 10.0. The van der Waals surface area contributed by atoms with Crippen LogP contribution in [0, 0.1) is 13.3 Å². The van der Waals surface area contributed by atoms with Gasteiger partial charge in [0.05, 0.1) is 0 Å². The average Bonchev–Trinajstić information content (AvgIpc) is 2.34. The smallest absolute Gasteiger partial charge is 0.0134 e. The van der Waals surface area contributed by atoms with Crippen LogP contribution in [0.25, 0.3) is 5.57 Å². The van der Waals surface area contributed by atoms with Gasteiger partial charge >= 0.3 is 0 Å². The number of rotatable bonds is 0. The second-order valence-corrected chi connectivity index (χ2v) is 3.06. The number of benzene rings is 1. The Morgan fingerprint density at radius 1 is 1.09 bits per heavy atom. The van der Waals surface area contributed by atoms with E-state index < -0.39 is 0 Å². The molecule has 0 aliphatic heterocycles. The number of aryl methyl sites for hydroxylation is 1. The highest BCUT2D eigenvalue weighted by Crippen LogP contribution is 2.30. The van der Waals surface area contributed by atoms with Gasteiger partial charge in [-0.15, -0.1) is 0 Å². The molecule has 0 aromatic heterocycles. The molecule has 11 heavy (non-hydrogen) atoms. The summed E-state index contributed by atoms with van der Waals surface area (Å²) in [7, 11) is 0. The van der Waals surface area contributed by atoms with Crippen LogP contribution in [-0.4, -0.2) is 0 Å². The summed E-state index contributed by atoms with van der Waals surface area (Å²) in [6, 6.07) is 6.43. The average molecular weight is 143 g/mol. The summed E-state index contributed by atoms with van der Waals surface area (Å²) < 4.78 is 0. The van der Waals surface area contributed by atoms with Crippen molar-refractivity contribution in [2.75, 3.05) is 0 Å². The Balaban J connectivity index is 2.67. The highest BCUT2D eigenvalue weighted by Gasteiger charge is 2.11. The van der Waals surface area contributed by atoms with Crippen LogP contribution in [0.4, 0.5) is 0 Å². The SMILES string of the molecule is CC1=C[CH]c2cccc(C)c21. The van der Waals surface area contributed by atoms with Gasteiger partial charge in [-0.25, -0.2) is 0 Å². The normalized spacial score (nSPS) is 14.5. The first-order valence-corrected chi connectivity index (χ1v) is 3.90. The minimum Gasteiger partial charge on any atom is -0.0725 e. The van der Waals surface area contributed by atoms with Gasteiger partial charge in [0, 0.05) is 6.42 Å². The Kier molecular flexibility index (Phi) is 1.35. The van der Waals surface area contributed by atoms with Gasteiger partial charge in [-0.1, -0.05) is 24.3 Å². The summed E-state index contributed by atoms with van der Waals surface area (Å²) in [4.78, 5) is 0. The lowest BCUT2D eigenvalue weighted by Crippen LogP contribution is -1.85. The number of allylic oxidation sites excluding steroid dienone is 2. The molecular weight excluding hydrogens is 132 g/mol. The second-order valence-electron chi connectivity index (χ2n) is 3.06. The Morgan fingerprint density at radius 3 is 2.64 bits per heavy atom. The van der Waals surface area contributed by atoms with Crippen LogP contribution in [0.1, 0.15) is 23.6 Å². The molecule has 1 aliphatic carbocycles. The molecular formula is C11H11.